The summed E-state index contributed by atoms with van der Waals surface area (Å²) in [5.74, 6) is -1.00. The minimum Gasteiger partial charge on any atom is -0.462 e. The van der Waals surface area contributed by atoms with Crippen LogP contribution in [0.1, 0.15) is 181 Å². The molecular weight excluding hydrogens is 697 g/mol. The van der Waals surface area contributed by atoms with E-state index in [1.807, 2.05) is 0 Å². The number of esters is 3. The lowest BCUT2D eigenvalue weighted by Gasteiger charge is -2.18. The molecule has 0 fully saturated rings. The average molecular weight is 777 g/mol. The Morgan fingerprint density at radius 3 is 1.27 bits per heavy atom. The molecule has 0 bridgehead atoms. The predicted octanol–water partition coefficient (Wildman–Crippen LogP) is 14.2. The van der Waals surface area contributed by atoms with Crippen molar-refractivity contribution in [3.05, 3.63) is 97.2 Å². The molecule has 0 spiro atoms. The Hall–Kier alpha value is -3.67. The van der Waals surface area contributed by atoms with E-state index in [1.54, 1.807) is 0 Å². The van der Waals surface area contributed by atoms with Crippen LogP contribution in [0.5, 0.6) is 0 Å². The zero-order chi connectivity index (χ0) is 40.8. The van der Waals surface area contributed by atoms with E-state index in [-0.39, 0.29) is 37.5 Å². The molecule has 56 heavy (non-hydrogen) atoms. The van der Waals surface area contributed by atoms with Gasteiger partial charge in [0.05, 0.1) is 0 Å². The maximum absolute atomic E-state index is 12.7. The highest BCUT2D eigenvalue weighted by Crippen LogP contribution is 2.13. The maximum atomic E-state index is 12.7. The van der Waals surface area contributed by atoms with E-state index in [1.165, 1.54) is 25.7 Å². The summed E-state index contributed by atoms with van der Waals surface area (Å²) >= 11 is 0. The molecule has 0 amide bonds. The van der Waals surface area contributed by atoms with Gasteiger partial charge in [-0.2, -0.15) is 0 Å². The number of hydrogen-bond acceptors (Lipinski definition) is 6. The molecule has 0 aliphatic carbocycles. The second kappa shape index (κ2) is 44.0. The van der Waals surface area contributed by atoms with E-state index in [0.29, 0.717) is 19.3 Å². The van der Waals surface area contributed by atoms with Gasteiger partial charge in [0.15, 0.2) is 6.10 Å². The van der Waals surface area contributed by atoms with Gasteiger partial charge in [0.25, 0.3) is 0 Å². The number of unbranched alkanes of at least 4 members (excludes halogenated alkanes) is 13. The quantitative estimate of drug-likeness (QED) is 0.0204. The van der Waals surface area contributed by atoms with Crippen LogP contribution in [0.2, 0.25) is 0 Å². The largest absolute Gasteiger partial charge is 0.462 e. The smallest absolute Gasteiger partial charge is 0.306 e. The average Bonchev–Trinajstić information content (AvgIpc) is 3.19. The first-order valence-corrected chi connectivity index (χ1v) is 22.3. The van der Waals surface area contributed by atoms with Gasteiger partial charge in [-0.1, -0.05) is 169 Å². The molecule has 0 heterocycles. The summed E-state index contributed by atoms with van der Waals surface area (Å²) in [6.07, 6.45) is 56.8. The van der Waals surface area contributed by atoms with Crippen LogP contribution in [-0.2, 0) is 28.6 Å². The number of carbonyl (C=O) groups is 3. The fourth-order valence-electron chi connectivity index (χ4n) is 5.62. The Morgan fingerprint density at radius 1 is 0.375 bits per heavy atom. The van der Waals surface area contributed by atoms with E-state index < -0.39 is 6.10 Å². The van der Waals surface area contributed by atoms with Crippen molar-refractivity contribution in [2.24, 2.45) is 0 Å². The second-order valence-corrected chi connectivity index (χ2v) is 14.2. The Balaban J connectivity index is 4.48. The third-order valence-electron chi connectivity index (χ3n) is 8.88. The summed E-state index contributed by atoms with van der Waals surface area (Å²) in [6.45, 7) is 6.18. The van der Waals surface area contributed by atoms with Gasteiger partial charge in [-0.15, -0.1) is 0 Å². The van der Waals surface area contributed by atoms with Gasteiger partial charge in [0.1, 0.15) is 13.2 Å². The Labute approximate surface area is 343 Å². The highest BCUT2D eigenvalue weighted by atomic mass is 16.6. The van der Waals surface area contributed by atoms with Crippen molar-refractivity contribution < 1.29 is 28.6 Å². The fourth-order valence-corrected chi connectivity index (χ4v) is 5.62. The third kappa shape index (κ3) is 41.5. The molecule has 0 aromatic heterocycles. The van der Waals surface area contributed by atoms with Crippen molar-refractivity contribution in [2.75, 3.05) is 13.2 Å². The molecule has 0 aliphatic rings. The fraction of sp³-hybridized carbons (Fsp3) is 0.620. The normalized spacial score (nSPS) is 13.0. The van der Waals surface area contributed by atoms with Crippen LogP contribution in [0, 0.1) is 0 Å². The van der Waals surface area contributed by atoms with Crippen LogP contribution in [0.4, 0.5) is 0 Å². The lowest BCUT2D eigenvalue weighted by atomic mass is 10.1. The van der Waals surface area contributed by atoms with Crippen LogP contribution < -0.4 is 0 Å². The first-order chi connectivity index (χ1) is 27.5. The van der Waals surface area contributed by atoms with Crippen molar-refractivity contribution in [1.82, 2.24) is 0 Å². The first-order valence-electron chi connectivity index (χ1n) is 22.3. The van der Waals surface area contributed by atoms with Gasteiger partial charge in [0.2, 0.25) is 0 Å². The molecule has 6 nitrogen and oxygen atoms in total. The van der Waals surface area contributed by atoms with Gasteiger partial charge < -0.3 is 14.2 Å². The highest BCUT2D eigenvalue weighted by molar-refractivity contribution is 5.71. The van der Waals surface area contributed by atoms with Crippen molar-refractivity contribution in [2.45, 2.75) is 187 Å². The molecule has 0 aliphatic heterocycles. The zero-order valence-corrected chi connectivity index (χ0v) is 35.9. The van der Waals surface area contributed by atoms with Crippen LogP contribution in [-0.4, -0.2) is 37.2 Å². The van der Waals surface area contributed by atoms with Crippen LogP contribution in [0.3, 0.4) is 0 Å². The molecule has 0 N–H and O–H groups in total. The molecule has 0 saturated carbocycles. The molecule has 0 rings (SSSR count). The van der Waals surface area contributed by atoms with Crippen LogP contribution >= 0.6 is 0 Å². The minimum atomic E-state index is -0.808. The van der Waals surface area contributed by atoms with Crippen molar-refractivity contribution in [3.8, 4) is 0 Å². The van der Waals surface area contributed by atoms with Gasteiger partial charge in [0, 0.05) is 19.3 Å². The topological polar surface area (TPSA) is 78.9 Å². The van der Waals surface area contributed by atoms with Gasteiger partial charge in [-0.3, -0.25) is 14.4 Å². The molecule has 6 heteroatoms. The van der Waals surface area contributed by atoms with E-state index in [9.17, 15) is 14.4 Å². The van der Waals surface area contributed by atoms with Crippen LogP contribution in [0.25, 0.3) is 0 Å². The lowest BCUT2D eigenvalue weighted by molar-refractivity contribution is -0.167. The molecule has 0 saturated heterocycles. The summed E-state index contributed by atoms with van der Waals surface area (Å²) in [4.78, 5) is 37.7. The second-order valence-electron chi connectivity index (χ2n) is 14.2. The molecule has 0 radical (unpaired) electrons. The number of allylic oxidation sites excluding steroid dienone is 16. The standard InChI is InChI=1S/C50H80O6/c1-4-7-10-13-16-19-22-24-25-26-29-31-34-37-40-43-49(52)55-46-47(45-54-48(51)42-39-36-33-30-27-21-18-15-12-9-6-3)56-50(53)44-41-38-35-32-28-23-20-17-14-11-8-5-2/h7-13,16-22,30,33,47H,4-6,14-15,23-29,31-32,34-46H2,1-3H3/b10-7-,11-8-,12-9-,16-13-,20-17-,21-18-,22-19-,33-30-. The SMILES string of the molecule is CC\C=C/C=C\C=C/CCCCCCCCCC(=O)OCC(COC(=O)CCC/C=C\C/C=C\C/C=C\CC)OC(=O)CCCCCCC/C=C\C/C=C\CC. The molecular formula is C50H80O6. The minimum absolute atomic E-state index is 0.107. The summed E-state index contributed by atoms with van der Waals surface area (Å²) in [7, 11) is 0. The molecule has 316 valence electrons. The summed E-state index contributed by atoms with van der Waals surface area (Å²) < 4.78 is 16.6. The Kier molecular flexibility index (Phi) is 41.2. The van der Waals surface area contributed by atoms with Crippen molar-refractivity contribution >= 4 is 17.9 Å². The van der Waals surface area contributed by atoms with E-state index in [0.717, 1.165) is 109 Å². The van der Waals surface area contributed by atoms with Gasteiger partial charge in [-0.05, 0) is 89.9 Å². The van der Waals surface area contributed by atoms with Gasteiger partial charge >= 0.3 is 17.9 Å². The van der Waals surface area contributed by atoms with Crippen molar-refractivity contribution in [3.63, 3.8) is 0 Å². The number of carbonyl (C=O) groups excluding carboxylic acids is 3. The monoisotopic (exact) mass is 777 g/mol. The third-order valence-corrected chi connectivity index (χ3v) is 8.88. The zero-order valence-electron chi connectivity index (χ0n) is 35.9. The summed E-state index contributed by atoms with van der Waals surface area (Å²) in [5.41, 5.74) is 0. The van der Waals surface area contributed by atoms with E-state index in [4.69, 9.17) is 14.2 Å². The first kappa shape index (κ1) is 52.3. The summed E-state index contributed by atoms with van der Waals surface area (Å²) in [6, 6.07) is 0. The lowest BCUT2D eigenvalue weighted by Crippen LogP contribution is -2.30. The summed E-state index contributed by atoms with van der Waals surface area (Å²) in [5, 5.41) is 0. The number of rotatable bonds is 38. The van der Waals surface area contributed by atoms with Crippen LogP contribution in [0.15, 0.2) is 97.2 Å². The molecule has 0 aromatic rings. The van der Waals surface area contributed by atoms with Crippen molar-refractivity contribution in [1.29, 1.82) is 0 Å². The molecule has 0 aromatic carbocycles. The van der Waals surface area contributed by atoms with E-state index in [2.05, 4.69) is 118 Å². The predicted molar refractivity (Wildman–Crippen MR) is 237 cm³/mol. The Bertz CT molecular complexity index is 1170. The molecule has 1 atom stereocenters. The maximum Gasteiger partial charge on any atom is 0.306 e. The van der Waals surface area contributed by atoms with Gasteiger partial charge in [-0.25, -0.2) is 0 Å². The number of hydrogen-bond donors (Lipinski definition) is 0. The van der Waals surface area contributed by atoms with E-state index >= 15 is 0 Å². The Morgan fingerprint density at radius 2 is 0.750 bits per heavy atom. The molecule has 1 unspecified atom stereocenters. The highest BCUT2D eigenvalue weighted by Gasteiger charge is 2.19. The number of ether oxygens (including phenoxy) is 3.